The lowest BCUT2D eigenvalue weighted by atomic mass is 9.33. The fourth-order valence-corrected chi connectivity index (χ4v) is 16.8. The zero-order chi connectivity index (χ0) is 61.0. The smallest absolute Gasteiger partial charge is 0.335 e. The number of hydrogen-bond donors (Lipinski definition) is 15. The van der Waals surface area contributed by atoms with Crippen LogP contribution in [0.15, 0.2) is 23.3 Å². The number of carbonyl (C=O) groups excluding carboxylic acids is 1. The lowest BCUT2D eigenvalue weighted by molar-refractivity contribution is -0.400. The summed E-state index contributed by atoms with van der Waals surface area (Å²) in [4.78, 5) is 26.3. The molecule has 474 valence electrons. The minimum atomic E-state index is -2.25. The number of carboxylic acid groups (broad SMARTS) is 1. The fourth-order valence-electron chi connectivity index (χ4n) is 16.8. The molecule has 0 aromatic rings. The number of aliphatic hydroxyl groups excluding tert-OH is 14. The van der Waals surface area contributed by atoms with Gasteiger partial charge >= 0.3 is 11.9 Å². The quantitative estimate of drug-likeness (QED) is 0.0362. The van der Waals surface area contributed by atoms with Gasteiger partial charge in [-0.3, -0.25) is 0 Å². The topological polar surface area (TPSA) is 421 Å². The molecule has 0 aromatic carbocycles. The van der Waals surface area contributed by atoms with Crippen molar-refractivity contribution < 1.29 is 129 Å². The molecule has 5 aliphatic carbocycles. The fraction of sp³-hybridized carbons (Fsp3) is 0.895. The van der Waals surface area contributed by atoms with Crippen LogP contribution in [0.2, 0.25) is 0 Å². The number of allylic oxidation sites excluding steroid dienone is 3. The van der Waals surface area contributed by atoms with Crippen LogP contribution < -0.4 is 0 Å². The molecule has 30 atom stereocenters. The van der Waals surface area contributed by atoms with E-state index in [1.54, 1.807) is 19.9 Å². The molecule has 0 radical (unpaired) electrons. The van der Waals surface area contributed by atoms with E-state index in [0.29, 0.717) is 37.7 Å². The second-order valence-corrected chi connectivity index (χ2v) is 26.9. The number of hydrogen-bond acceptors (Lipinski definition) is 25. The number of carboxylic acids is 1. The lowest BCUT2D eigenvalue weighted by Crippen LogP contribution is -2.72. The van der Waals surface area contributed by atoms with Gasteiger partial charge in [-0.05, 0) is 92.8 Å². The SMILES string of the molecule is C/C=C(/C)C(=O)O[C@H]1[C@H](O)[C@]2(CO)[C@H](O)C[C@]3(C)C(=CC[C@@H]4[C@@]5(C)CC[C@H](O[C@@H]6O[C@H](C(=O)O)[C@@H](O)[C@H](O[C@@H]7OC[C@H](O)[C@H](O)[C@H]7OC7OCC(O)C(O)C7O)[C@H]6O[C@@H]6O[C@H](CO)[C@H](O)[C@H](O)[C@H]6O)[C@@](C)(CO)[C@@H]5CC[C@]43C)[C@@H]2CC1(C)C. The van der Waals surface area contributed by atoms with Crippen LogP contribution >= 0.6 is 0 Å². The van der Waals surface area contributed by atoms with E-state index in [-0.39, 0.29) is 24.7 Å². The summed E-state index contributed by atoms with van der Waals surface area (Å²) in [5.74, 6) is -3.24. The molecule has 26 heteroatoms. The maximum Gasteiger partial charge on any atom is 0.335 e. The first-order valence-corrected chi connectivity index (χ1v) is 29.1. The van der Waals surface area contributed by atoms with Crippen molar-refractivity contribution in [1.82, 2.24) is 0 Å². The molecule has 0 spiro atoms. The van der Waals surface area contributed by atoms with Crippen LogP contribution in [0, 0.1) is 50.2 Å². The average molecular weight is 1190 g/mol. The summed E-state index contributed by atoms with van der Waals surface area (Å²) >= 11 is 0. The van der Waals surface area contributed by atoms with Crippen LogP contribution in [0.4, 0.5) is 0 Å². The van der Waals surface area contributed by atoms with Gasteiger partial charge in [-0.2, -0.15) is 0 Å². The zero-order valence-corrected chi connectivity index (χ0v) is 48.3. The van der Waals surface area contributed by atoms with E-state index in [1.807, 2.05) is 20.8 Å². The van der Waals surface area contributed by atoms with Crippen molar-refractivity contribution in [3.63, 3.8) is 0 Å². The van der Waals surface area contributed by atoms with Gasteiger partial charge in [0.25, 0.3) is 0 Å². The molecule has 0 bridgehead atoms. The third-order valence-electron chi connectivity index (χ3n) is 22.1. The molecule has 0 aromatic heterocycles. The van der Waals surface area contributed by atoms with E-state index >= 15 is 0 Å². The normalized spacial score (nSPS) is 52.7. The molecule has 9 aliphatic rings. The third-order valence-corrected chi connectivity index (χ3v) is 22.1. The molecule has 4 aliphatic heterocycles. The van der Waals surface area contributed by atoms with Gasteiger partial charge in [-0.1, -0.05) is 59.3 Å². The standard InChI is InChI=1S/C57H90O26/c1-9-23(2)47(74)83-45-44(71)57(22-60)25(16-52(45,3)4)24-10-11-30-53(5)14-13-32(54(6,21-59)29(53)12-15-55(30,7)56(24,8)17-31(57)63)78-51-43(82-49-38(69)36(67)35(66)28(18-58)77-49)40(39(70)41(80-51)46(72)73)79-50-42(34(65)27(62)20-76-50)81-48-37(68)33(64)26(61)19-75-48/h9-10,25-45,48-51,58-71H,11-22H2,1-8H3,(H,72,73)/b23-9-/t25-,26?,27-,28+,29+,30+,31+,32-,33?,34-,35-,36-,37?,38+,39-,40-,41-,42+,43+,44-,45-,48?,49-,50-,51+,53-,54-,55+,56+,57-/m0/s1. The molecule has 0 amide bonds. The predicted molar refractivity (Wildman–Crippen MR) is 280 cm³/mol. The highest BCUT2D eigenvalue weighted by atomic mass is 16.8. The van der Waals surface area contributed by atoms with Crippen LogP contribution in [-0.4, -0.2) is 257 Å². The maximum atomic E-state index is 13.2. The monoisotopic (exact) mass is 1190 g/mol. The van der Waals surface area contributed by atoms with Crippen LogP contribution in [0.5, 0.6) is 0 Å². The highest BCUT2D eigenvalue weighted by molar-refractivity contribution is 5.87. The molecule has 4 heterocycles. The first-order chi connectivity index (χ1) is 38.9. The Balaban J connectivity index is 1.04. The lowest BCUT2D eigenvalue weighted by Gasteiger charge is -2.72. The molecular weight excluding hydrogens is 1100 g/mol. The second-order valence-electron chi connectivity index (χ2n) is 26.9. The Bertz CT molecular complexity index is 2390. The van der Waals surface area contributed by atoms with Crippen LogP contribution in [0.3, 0.4) is 0 Å². The van der Waals surface area contributed by atoms with Gasteiger partial charge in [-0.15, -0.1) is 0 Å². The van der Waals surface area contributed by atoms with Gasteiger partial charge in [0, 0.05) is 16.4 Å². The van der Waals surface area contributed by atoms with Gasteiger partial charge in [0.15, 0.2) is 31.3 Å². The molecule has 9 rings (SSSR count). The Labute approximate surface area is 481 Å². The average Bonchev–Trinajstić information content (AvgIpc) is 0.730. The first kappa shape index (κ1) is 65.0. The molecule has 15 N–H and O–H groups in total. The van der Waals surface area contributed by atoms with Gasteiger partial charge in [-0.25, -0.2) is 9.59 Å². The Kier molecular flexibility index (Phi) is 18.6. The third kappa shape index (κ3) is 10.5. The van der Waals surface area contributed by atoms with E-state index in [0.717, 1.165) is 5.57 Å². The van der Waals surface area contributed by atoms with E-state index < -0.39 is 218 Å². The highest BCUT2D eigenvalue weighted by Gasteiger charge is 2.73. The molecule has 83 heavy (non-hydrogen) atoms. The van der Waals surface area contributed by atoms with Crippen molar-refractivity contribution in [3.8, 4) is 0 Å². The number of ether oxygens (including phenoxy) is 9. The Hall–Kier alpha value is -2.46. The van der Waals surface area contributed by atoms with Crippen LogP contribution in [0.1, 0.15) is 100 Å². The second kappa shape index (κ2) is 23.8. The van der Waals surface area contributed by atoms with E-state index in [2.05, 4.69) is 26.8 Å². The summed E-state index contributed by atoms with van der Waals surface area (Å²) in [5, 5.41) is 167. The minimum Gasteiger partial charge on any atom is -0.479 e. The van der Waals surface area contributed by atoms with Crippen LogP contribution in [-0.2, 0) is 52.2 Å². The molecule has 26 nitrogen and oxygen atoms in total. The summed E-state index contributed by atoms with van der Waals surface area (Å²) in [6.07, 6.45) is -32.2. The van der Waals surface area contributed by atoms with Gasteiger partial charge < -0.3 is 119 Å². The summed E-state index contributed by atoms with van der Waals surface area (Å²) in [6, 6.07) is 0. The molecule has 4 unspecified atom stereocenters. The van der Waals surface area contributed by atoms with E-state index in [9.17, 15) is 86.2 Å². The Morgan fingerprint density at radius 3 is 1.92 bits per heavy atom. The Morgan fingerprint density at radius 2 is 1.29 bits per heavy atom. The summed E-state index contributed by atoms with van der Waals surface area (Å²) < 4.78 is 54.3. The van der Waals surface area contributed by atoms with E-state index in [4.69, 9.17) is 42.6 Å². The molecule has 4 saturated carbocycles. The number of rotatable bonds is 14. The van der Waals surface area contributed by atoms with E-state index in [1.165, 1.54) is 0 Å². The number of carbonyl (C=O) groups is 2. The van der Waals surface area contributed by atoms with Crippen molar-refractivity contribution in [3.05, 3.63) is 23.3 Å². The van der Waals surface area contributed by atoms with Crippen molar-refractivity contribution in [2.75, 3.05) is 33.0 Å². The van der Waals surface area contributed by atoms with Gasteiger partial charge in [0.1, 0.15) is 91.6 Å². The summed E-state index contributed by atoms with van der Waals surface area (Å²) in [5.41, 5.74) is -3.80. The maximum absolute atomic E-state index is 13.2. The zero-order valence-electron chi connectivity index (χ0n) is 48.3. The number of fused-ring (bicyclic) bond motifs is 7. The van der Waals surface area contributed by atoms with Gasteiger partial charge in [0.05, 0.1) is 50.7 Å². The largest absolute Gasteiger partial charge is 0.479 e. The summed E-state index contributed by atoms with van der Waals surface area (Å²) in [7, 11) is 0. The summed E-state index contributed by atoms with van der Waals surface area (Å²) in [6.45, 7) is 12.5. The van der Waals surface area contributed by atoms with Crippen LogP contribution in [0.25, 0.3) is 0 Å². The minimum absolute atomic E-state index is 0.0901. The number of aliphatic carboxylic acids is 1. The molecular formula is C57H90O26. The highest BCUT2D eigenvalue weighted by Crippen LogP contribution is 2.76. The number of esters is 1. The molecule has 8 fully saturated rings. The first-order valence-electron chi connectivity index (χ1n) is 29.1. The van der Waals surface area contributed by atoms with Gasteiger partial charge in [0.2, 0.25) is 0 Å². The number of aliphatic hydroxyl groups is 14. The Morgan fingerprint density at radius 1 is 0.663 bits per heavy atom. The van der Waals surface area contributed by atoms with Crippen molar-refractivity contribution in [1.29, 1.82) is 0 Å². The predicted octanol–water partition coefficient (Wildman–Crippen LogP) is -2.79. The molecule has 4 saturated heterocycles. The van der Waals surface area contributed by atoms with Crippen molar-refractivity contribution >= 4 is 11.9 Å². The van der Waals surface area contributed by atoms with Crippen molar-refractivity contribution in [2.45, 2.75) is 235 Å². The van der Waals surface area contributed by atoms with Crippen molar-refractivity contribution in [2.24, 2.45) is 50.2 Å².